The van der Waals surface area contributed by atoms with Crippen molar-refractivity contribution < 1.29 is 9.59 Å². The van der Waals surface area contributed by atoms with E-state index in [4.69, 9.17) is 0 Å². The van der Waals surface area contributed by atoms with E-state index in [1.165, 1.54) is 35.9 Å². The SMILES string of the molecule is CSc1ccccc1C(=O)N1CCN(c2nnc(SCC(=O)NC3CCCC3)s2)CC1. The van der Waals surface area contributed by atoms with Crippen LogP contribution in [0.15, 0.2) is 33.5 Å². The molecule has 166 valence electrons. The smallest absolute Gasteiger partial charge is 0.255 e. The molecule has 2 aromatic rings. The van der Waals surface area contributed by atoms with Gasteiger partial charge in [-0.2, -0.15) is 0 Å². The van der Waals surface area contributed by atoms with Crippen molar-refractivity contribution in [2.24, 2.45) is 0 Å². The number of anilines is 1. The van der Waals surface area contributed by atoms with Crippen LogP contribution in [-0.2, 0) is 4.79 Å². The van der Waals surface area contributed by atoms with E-state index in [0.29, 0.717) is 24.9 Å². The maximum Gasteiger partial charge on any atom is 0.255 e. The monoisotopic (exact) mass is 477 g/mol. The zero-order chi connectivity index (χ0) is 21.6. The van der Waals surface area contributed by atoms with Crippen molar-refractivity contribution in [3.05, 3.63) is 29.8 Å². The van der Waals surface area contributed by atoms with Gasteiger partial charge in [0.2, 0.25) is 11.0 Å². The number of nitrogens with zero attached hydrogens (tertiary/aromatic N) is 4. The summed E-state index contributed by atoms with van der Waals surface area (Å²) in [4.78, 5) is 30.1. The molecule has 1 aromatic heterocycles. The Balaban J connectivity index is 1.26. The number of benzene rings is 1. The molecule has 2 fully saturated rings. The van der Waals surface area contributed by atoms with E-state index < -0.39 is 0 Å². The summed E-state index contributed by atoms with van der Waals surface area (Å²) in [7, 11) is 0. The van der Waals surface area contributed by atoms with Gasteiger partial charge in [0.05, 0.1) is 11.3 Å². The molecule has 0 unspecified atom stereocenters. The first-order valence-corrected chi connectivity index (χ1v) is 13.6. The molecule has 4 rings (SSSR count). The van der Waals surface area contributed by atoms with Gasteiger partial charge in [0.1, 0.15) is 0 Å². The van der Waals surface area contributed by atoms with Crippen LogP contribution in [0.5, 0.6) is 0 Å². The number of amides is 2. The summed E-state index contributed by atoms with van der Waals surface area (Å²) >= 11 is 4.56. The largest absolute Gasteiger partial charge is 0.353 e. The van der Waals surface area contributed by atoms with Crippen molar-refractivity contribution in [3.63, 3.8) is 0 Å². The van der Waals surface area contributed by atoms with Crippen molar-refractivity contribution in [1.29, 1.82) is 0 Å². The minimum atomic E-state index is 0.0753. The molecular weight excluding hydrogens is 450 g/mol. The summed E-state index contributed by atoms with van der Waals surface area (Å²) < 4.78 is 0.809. The van der Waals surface area contributed by atoms with Gasteiger partial charge in [0.15, 0.2) is 4.34 Å². The second-order valence-electron chi connectivity index (χ2n) is 7.67. The summed E-state index contributed by atoms with van der Waals surface area (Å²) in [5, 5.41) is 12.5. The fourth-order valence-electron chi connectivity index (χ4n) is 3.95. The van der Waals surface area contributed by atoms with Gasteiger partial charge in [-0.05, 0) is 31.2 Å². The van der Waals surface area contributed by atoms with Crippen molar-refractivity contribution in [2.75, 3.05) is 43.1 Å². The van der Waals surface area contributed by atoms with Gasteiger partial charge < -0.3 is 15.1 Å². The van der Waals surface area contributed by atoms with Crippen LogP contribution in [0.3, 0.4) is 0 Å². The Morgan fingerprint density at radius 2 is 1.87 bits per heavy atom. The van der Waals surface area contributed by atoms with Crippen LogP contribution >= 0.6 is 34.9 Å². The standard InChI is InChI=1S/C21H27N5O2S3/c1-29-17-9-5-4-8-16(17)19(28)25-10-12-26(13-11-25)20-23-24-21(31-20)30-14-18(27)22-15-6-2-3-7-15/h4-5,8-9,15H,2-3,6-7,10-14H2,1H3,(H,22,27). The molecule has 1 N–H and O–H groups in total. The second-order valence-corrected chi connectivity index (χ2v) is 10.7. The van der Waals surface area contributed by atoms with Gasteiger partial charge in [-0.1, -0.05) is 48.1 Å². The quantitative estimate of drug-likeness (QED) is 0.613. The average molecular weight is 478 g/mol. The lowest BCUT2D eigenvalue weighted by Crippen LogP contribution is -2.48. The summed E-state index contributed by atoms with van der Waals surface area (Å²) in [6.07, 6.45) is 6.60. The maximum atomic E-state index is 12.9. The number of rotatable bonds is 7. The molecule has 2 heterocycles. The zero-order valence-electron chi connectivity index (χ0n) is 17.6. The summed E-state index contributed by atoms with van der Waals surface area (Å²) in [5.41, 5.74) is 0.772. The highest BCUT2D eigenvalue weighted by Crippen LogP contribution is 2.29. The van der Waals surface area contributed by atoms with Crippen LogP contribution in [0.2, 0.25) is 0 Å². The lowest BCUT2D eigenvalue weighted by Gasteiger charge is -2.34. The van der Waals surface area contributed by atoms with Crippen molar-refractivity contribution >= 4 is 51.8 Å². The van der Waals surface area contributed by atoms with E-state index >= 15 is 0 Å². The van der Waals surface area contributed by atoms with Crippen LogP contribution in [0.25, 0.3) is 0 Å². The van der Waals surface area contributed by atoms with E-state index in [1.54, 1.807) is 11.8 Å². The third kappa shape index (κ3) is 5.72. The summed E-state index contributed by atoms with van der Waals surface area (Å²) in [6, 6.07) is 8.11. The normalized spacial score (nSPS) is 17.2. The number of thioether (sulfide) groups is 2. The van der Waals surface area contributed by atoms with Gasteiger partial charge in [0, 0.05) is 37.1 Å². The zero-order valence-corrected chi connectivity index (χ0v) is 20.0. The fraction of sp³-hybridized carbons (Fsp3) is 0.524. The molecule has 1 saturated carbocycles. The van der Waals surface area contributed by atoms with Gasteiger partial charge in [-0.3, -0.25) is 9.59 Å². The number of hydrogen-bond acceptors (Lipinski definition) is 8. The minimum Gasteiger partial charge on any atom is -0.353 e. The predicted octanol–water partition coefficient (Wildman–Crippen LogP) is 3.37. The van der Waals surface area contributed by atoms with Crippen LogP contribution in [0, 0.1) is 0 Å². The molecule has 1 aliphatic carbocycles. The number of carbonyl (C=O) groups excluding carboxylic acids is 2. The second kappa shape index (κ2) is 10.7. The van der Waals surface area contributed by atoms with E-state index in [2.05, 4.69) is 20.4 Å². The molecule has 1 aliphatic heterocycles. The Bertz CT molecular complexity index is 908. The third-order valence-corrected chi connectivity index (χ3v) is 8.53. The van der Waals surface area contributed by atoms with Crippen LogP contribution < -0.4 is 10.2 Å². The van der Waals surface area contributed by atoms with Crippen LogP contribution in [0.1, 0.15) is 36.0 Å². The highest BCUT2D eigenvalue weighted by atomic mass is 32.2. The molecular formula is C21H27N5O2S3. The minimum absolute atomic E-state index is 0.0753. The first kappa shape index (κ1) is 22.4. The summed E-state index contributed by atoms with van der Waals surface area (Å²) in [5.74, 6) is 0.542. The number of carbonyl (C=O) groups is 2. The average Bonchev–Trinajstić information content (AvgIpc) is 3.49. The Hall–Kier alpha value is -1.78. The lowest BCUT2D eigenvalue weighted by molar-refractivity contribution is -0.119. The van der Waals surface area contributed by atoms with E-state index in [-0.39, 0.29) is 11.8 Å². The predicted molar refractivity (Wildman–Crippen MR) is 127 cm³/mol. The molecule has 31 heavy (non-hydrogen) atoms. The van der Waals surface area contributed by atoms with Gasteiger partial charge in [-0.25, -0.2) is 0 Å². The molecule has 0 bridgehead atoms. The summed E-state index contributed by atoms with van der Waals surface area (Å²) in [6.45, 7) is 2.78. The van der Waals surface area contributed by atoms with Crippen molar-refractivity contribution in [3.8, 4) is 0 Å². The maximum absolute atomic E-state index is 12.9. The van der Waals surface area contributed by atoms with E-state index in [1.807, 2.05) is 35.4 Å². The fourth-order valence-corrected chi connectivity index (χ4v) is 6.24. The Kier molecular flexibility index (Phi) is 7.73. The number of hydrogen-bond donors (Lipinski definition) is 1. The first-order chi connectivity index (χ1) is 15.1. The Morgan fingerprint density at radius 3 is 2.61 bits per heavy atom. The molecule has 0 spiro atoms. The Morgan fingerprint density at radius 1 is 1.13 bits per heavy atom. The molecule has 1 saturated heterocycles. The van der Waals surface area contributed by atoms with Gasteiger partial charge >= 0.3 is 0 Å². The topological polar surface area (TPSA) is 78.4 Å². The van der Waals surface area contributed by atoms with E-state index in [0.717, 1.165) is 45.9 Å². The van der Waals surface area contributed by atoms with Crippen LogP contribution in [-0.4, -0.2) is 71.1 Å². The molecule has 0 atom stereocenters. The van der Waals surface area contributed by atoms with Crippen molar-refractivity contribution in [2.45, 2.75) is 41.0 Å². The van der Waals surface area contributed by atoms with Gasteiger partial charge in [0.25, 0.3) is 5.91 Å². The molecule has 7 nitrogen and oxygen atoms in total. The number of aromatic nitrogens is 2. The molecule has 10 heteroatoms. The Labute approximate surface area is 195 Å². The molecule has 1 aromatic carbocycles. The lowest BCUT2D eigenvalue weighted by atomic mass is 10.2. The number of piperazine rings is 1. The third-order valence-electron chi connectivity index (χ3n) is 5.62. The molecule has 0 radical (unpaired) electrons. The molecule has 2 aliphatic rings. The van der Waals surface area contributed by atoms with Crippen LogP contribution in [0.4, 0.5) is 5.13 Å². The highest BCUT2D eigenvalue weighted by molar-refractivity contribution is 8.01. The molecule has 2 amide bonds. The first-order valence-electron chi connectivity index (χ1n) is 10.6. The van der Waals surface area contributed by atoms with Crippen molar-refractivity contribution in [1.82, 2.24) is 20.4 Å². The van der Waals surface area contributed by atoms with Gasteiger partial charge in [-0.15, -0.1) is 22.0 Å². The highest BCUT2D eigenvalue weighted by Gasteiger charge is 2.25. The number of nitrogens with one attached hydrogen (secondary N) is 1. The van der Waals surface area contributed by atoms with E-state index in [9.17, 15) is 9.59 Å².